The van der Waals surface area contributed by atoms with E-state index in [0.717, 1.165) is 9.99 Å². The van der Waals surface area contributed by atoms with Gasteiger partial charge in [0.05, 0.1) is 6.54 Å². The van der Waals surface area contributed by atoms with Gasteiger partial charge in [-0.05, 0) is 55.3 Å². The number of carbonyl (C=O) groups excluding carboxylic acids is 2. The van der Waals surface area contributed by atoms with Crippen LogP contribution in [0.4, 0.5) is 16.2 Å². The molecule has 9 nitrogen and oxygen atoms in total. The number of aryl methyl sites for hydroxylation is 2. The number of piperazine rings is 1. The molecule has 0 aliphatic carbocycles. The van der Waals surface area contributed by atoms with Crippen LogP contribution in [0.3, 0.4) is 0 Å². The molecule has 0 bridgehead atoms. The molecule has 0 radical (unpaired) electrons. The second-order valence-electron chi connectivity index (χ2n) is 9.31. The minimum atomic E-state index is -4.23. The van der Waals surface area contributed by atoms with E-state index < -0.39 is 22.1 Å². The lowest BCUT2D eigenvalue weighted by atomic mass is 10.1. The summed E-state index contributed by atoms with van der Waals surface area (Å²) in [6.45, 7) is 6.12. The molecule has 0 saturated carbocycles. The molecule has 1 atom stereocenters. The van der Waals surface area contributed by atoms with Gasteiger partial charge in [-0.2, -0.15) is 8.42 Å². The predicted molar refractivity (Wildman–Crippen MR) is 141 cm³/mol. The number of sulfonamides is 1. The van der Waals surface area contributed by atoms with E-state index in [2.05, 4.69) is 41.9 Å². The highest BCUT2D eigenvalue weighted by Crippen LogP contribution is 2.30. The van der Waals surface area contributed by atoms with Crippen LogP contribution in [0.1, 0.15) is 11.1 Å². The summed E-state index contributed by atoms with van der Waals surface area (Å²) < 4.78 is 27.4. The van der Waals surface area contributed by atoms with Crippen molar-refractivity contribution in [3.05, 3.63) is 84.1 Å². The lowest BCUT2D eigenvalue weighted by Gasteiger charge is -2.38. The first-order chi connectivity index (χ1) is 17.8. The molecular formula is C27H29N5O4S. The lowest BCUT2D eigenvalue weighted by Crippen LogP contribution is -2.55. The maximum atomic E-state index is 13.8. The quantitative estimate of drug-likeness (QED) is 0.514. The Bertz CT molecular complexity index is 1410. The van der Waals surface area contributed by atoms with Gasteiger partial charge >= 0.3 is 6.03 Å². The highest BCUT2D eigenvalue weighted by molar-refractivity contribution is 7.89. The van der Waals surface area contributed by atoms with Crippen molar-refractivity contribution < 1.29 is 18.0 Å². The SMILES string of the molecule is Cc1ccc(C)c(N2CCN(C(=O)C3CN(S(=O)(=O)c4ccccn4)C(=O)N3c3ccccc3)CC2)c1. The van der Waals surface area contributed by atoms with Crippen LogP contribution in [0.15, 0.2) is 78.0 Å². The summed E-state index contributed by atoms with van der Waals surface area (Å²) in [7, 11) is -4.23. The molecule has 0 spiro atoms. The zero-order valence-electron chi connectivity index (χ0n) is 20.8. The van der Waals surface area contributed by atoms with E-state index in [1.807, 2.05) is 0 Å². The number of hydrogen-bond donors (Lipinski definition) is 0. The van der Waals surface area contributed by atoms with Crippen LogP contribution in [0.2, 0.25) is 0 Å². The minimum absolute atomic E-state index is 0.230. The molecule has 1 aromatic heterocycles. The van der Waals surface area contributed by atoms with Crippen LogP contribution in [0.5, 0.6) is 0 Å². The first-order valence-corrected chi connectivity index (χ1v) is 13.6. The van der Waals surface area contributed by atoms with Gasteiger partial charge in [0.25, 0.3) is 10.0 Å². The van der Waals surface area contributed by atoms with Crippen molar-refractivity contribution >= 4 is 33.3 Å². The van der Waals surface area contributed by atoms with Crippen molar-refractivity contribution in [2.45, 2.75) is 24.9 Å². The molecule has 3 heterocycles. The number of amides is 3. The van der Waals surface area contributed by atoms with Crippen molar-refractivity contribution in [3.63, 3.8) is 0 Å². The van der Waals surface area contributed by atoms with Crippen LogP contribution in [0, 0.1) is 13.8 Å². The van der Waals surface area contributed by atoms with Crippen LogP contribution in [-0.2, 0) is 14.8 Å². The fraction of sp³-hybridized carbons (Fsp3) is 0.296. The number of hydrogen-bond acceptors (Lipinski definition) is 6. The Morgan fingerprint density at radius 2 is 1.62 bits per heavy atom. The van der Waals surface area contributed by atoms with Crippen LogP contribution in [0.25, 0.3) is 0 Å². The molecule has 1 unspecified atom stereocenters. The Kier molecular flexibility index (Phi) is 6.59. The number of benzene rings is 2. The Hall–Kier alpha value is -3.92. The van der Waals surface area contributed by atoms with Crippen molar-refractivity contribution in [2.24, 2.45) is 0 Å². The van der Waals surface area contributed by atoms with Gasteiger partial charge in [0.2, 0.25) is 5.91 Å². The maximum Gasteiger partial charge on any atom is 0.339 e. The van der Waals surface area contributed by atoms with Crippen molar-refractivity contribution in [3.8, 4) is 0 Å². The van der Waals surface area contributed by atoms with Gasteiger partial charge in [-0.1, -0.05) is 36.4 Å². The molecular weight excluding hydrogens is 490 g/mol. The van der Waals surface area contributed by atoms with E-state index in [9.17, 15) is 18.0 Å². The molecule has 2 fully saturated rings. The first kappa shape index (κ1) is 24.8. The number of para-hydroxylation sites is 1. The molecule has 192 valence electrons. The number of urea groups is 1. The molecule has 5 rings (SSSR count). The molecule has 2 aliphatic heterocycles. The smallest absolute Gasteiger partial charge is 0.339 e. The summed E-state index contributed by atoms with van der Waals surface area (Å²) in [6.07, 6.45) is 1.36. The summed E-state index contributed by atoms with van der Waals surface area (Å²) in [5, 5.41) is -0.230. The largest absolute Gasteiger partial charge is 0.368 e. The van der Waals surface area contributed by atoms with Crippen LogP contribution >= 0.6 is 0 Å². The Labute approximate surface area is 217 Å². The molecule has 0 N–H and O–H groups in total. The van der Waals surface area contributed by atoms with Gasteiger partial charge in [0.15, 0.2) is 5.03 Å². The summed E-state index contributed by atoms with van der Waals surface area (Å²) in [4.78, 5) is 36.5. The highest BCUT2D eigenvalue weighted by atomic mass is 32.2. The van der Waals surface area contributed by atoms with Gasteiger partial charge in [0.1, 0.15) is 6.04 Å². The van der Waals surface area contributed by atoms with E-state index in [4.69, 9.17) is 0 Å². The standard InChI is InChI=1S/C27H29N5O4S/c1-20-11-12-21(2)23(18-20)29-14-16-30(17-15-29)26(33)24-19-31(37(35,36)25-10-6-7-13-28-25)27(34)32(24)22-8-4-3-5-9-22/h3-13,18,24H,14-17,19H2,1-2H3. The zero-order valence-corrected chi connectivity index (χ0v) is 21.6. The molecule has 2 aliphatic rings. The summed E-state index contributed by atoms with van der Waals surface area (Å²) in [5.74, 6) is -0.267. The lowest BCUT2D eigenvalue weighted by molar-refractivity contribution is -0.132. The number of carbonyl (C=O) groups is 2. The fourth-order valence-corrected chi connectivity index (χ4v) is 6.19. The number of rotatable bonds is 5. The maximum absolute atomic E-state index is 13.8. The Morgan fingerprint density at radius 3 is 2.30 bits per heavy atom. The van der Waals surface area contributed by atoms with Gasteiger partial charge in [-0.25, -0.2) is 14.1 Å². The van der Waals surface area contributed by atoms with Gasteiger partial charge in [-0.3, -0.25) is 9.69 Å². The third-order valence-electron chi connectivity index (χ3n) is 6.88. The summed E-state index contributed by atoms with van der Waals surface area (Å²) >= 11 is 0. The molecule has 3 amide bonds. The normalized spacial score (nSPS) is 18.4. The topological polar surface area (TPSA) is 94.1 Å². The number of nitrogens with zero attached hydrogens (tertiary/aromatic N) is 5. The van der Waals surface area contributed by atoms with Gasteiger partial charge < -0.3 is 9.80 Å². The van der Waals surface area contributed by atoms with E-state index in [-0.39, 0.29) is 17.5 Å². The number of pyridine rings is 1. The molecule has 3 aromatic rings. The van der Waals surface area contributed by atoms with E-state index in [1.165, 1.54) is 28.3 Å². The monoisotopic (exact) mass is 519 g/mol. The van der Waals surface area contributed by atoms with E-state index in [1.54, 1.807) is 47.4 Å². The highest BCUT2D eigenvalue weighted by Gasteiger charge is 2.49. The predicted octanol–water partition coefficient (Wildman–Crippen LogP) is 3.05. The van der Waals surface area contributed by atoms with Gasteiger partial charge in [0, 0.05) is 43.8 Å². The summed E-state index contributed by atoms with van der Waals surface area (Å²) in [5.41, 5.74) is 3.98. The fourth-order valence-electron chi connectivity index (χ4n) is 4.89. The van der Waals surface area contributed by atoms with Crippen molar-refractivity contribution in [1.29, 1.82) is 0 Å². The first-order valence-electron chi connectivity index (χ1n) is 12.2. The zero-order chi connectivity index (χ0) is 26.2. The summed E-state index contributed by atoms with van der Waals surface area (Å²) in [6, 6.07) is 17.8. The second-order valence-corrected chi connectivity index (χ2v) is 11.1. The van der Waals surface area contributed by atoms with Gasteiger partial charge in [-0.15, -0.1) is 0 Å². The third kappa shape index (κ3) is 4.64. The average molecular weight is 520 g/mol. The van der Waals surface area contributed by atoms with Crippen molar-refractivity contribution in [1.82, 2.24) is 14.2 Å². The molecule has 37 heavy (non-hydrogen) atoms. The van der Waals surface area contributed by atoms with E-state index in [0.29, 0.717) is 31.9 Å². The number of anilines is 2. The molecule has 10 heteroatoms. The molecule has 2 aromatic carbocycles. The molecule has 2 saturated heterocycles. The number of aromatic nitrogens is 1. The average Bonchev–Trinajstić information content (AvgIpc) is 3.28. The Balaban J connectivity index is 1.40. The van der Waals surface area contributed by atoms with Crippen LogP contribution in [-0.4, -0.2) is 73.3 Å². The van der Waals surface area contributed by atoms with Crippen molar-refractivity contribution in [2.75, 3.05) is 42.5 Å². The van der Waals surface area contributed by atoms with Crippen LogP contribution < -0.4 is 9.80 Å². The minimum Gasteiger partial charge on any atom is -0.368 e. The Morgan fingerprint density at radius 1 is 0.919 bits per heavy atom. The third-order valence-corrected chi connectivity index (χ3v) is 8.53. The second kappa shape index (κ2) is 9.85. The van der Waals surface area contributed by atoms with E-state index >= 15 is 0 Å².